The van der Waals surface area contributed by atoms with E-state index >= 15 is 0 Å². The standard InChI is InChI=1S/C14H24N2O2S/c1-5-19(17,18)14-9-7-6-8-13(14)15-12(2)10-11-16(3)4/h6-9,12,15H,5,10-11H2,1-4H3. The maximum absolute atomic E-state index is 12.0. The minimum Gasteiger partial charge on any atom is -0.381 e. The molecule has 0 bridgehead atoms. The van der Waals surface area contributed by atoms with Crippen LogP contribution < -0.4 is 5.32 Å². The van der Waals surface area contributed by atoms with Crippen LogP contribution in [0.2, 0.25) is 0 Å². The SMILES string of the molecule is CCS(=O)(=O)c1ccccc1NC(C)CCN(C)C. The van der Waals surface area contributed by atoms with E-state index < -0.39 is 9.84 Å². The smallest absolute Gasteiger partial charge is 0.180 e. The Morgan fingerprint density at radius 1 is 1.26 bits per heavy atom. The fourth-order valence-electron chi connectivity index (χ4n) is 1.80. The average molecular weight is 284 g/mol. The van der Waals surface area contributed by atoms with Gasteiger partial charge in [0.1, 0.15) is 0 Å². The first-order chi connectivity index (χ1) is 8.86. The molecule has 1 aromatic carbocycles. The number of rotatable bonds is 7. The first-order valence-corrected chi connectivity index (χ1v) is 8.25. The van der Waals surface area contributed by atoms with Crippen molar-refractivity contribution < 1.29 is 8.42 Å². The fraction of sp³-hybridized carbons (Fsp3) is 0.571. The van der Waals surface area contributed by atoms with Gasteiger partial charge in [-0.3, -0.25) is 0 Å². The Bertz CT molecular complexity index is 498. The summed E-state index contributed by atoms with van der Waals surface area (Å²) in [6.45, 7) is 4.71. The second-order valence-corrected chi connectivity index (χ2v) is 7.28. The Hall–Kier alpha value is -1.07. The number of para-hydroxylation sites is 1. The molecule has 1 aromatic rings. The summed E-state index contributed by atoms with van der Waals surface area (Å²) in [4.78, 5) is 2.52. The van der Waals surface area contributed by atoms with Gasteiger partial charge in [0.25, 0.3) is 0 Å². The van der Waals surface area contributed by atoms with Crippen molar-refractivity contribution in [2.75, 3.05) is 31.7 Å². The number of nitrogens with zero attached hydrogens (tertiary/aromatic N) is 1. The maximum atomic E-state index is 12.0. The molecule has 0 aliphatic heterocycles. The van der Waals surface area contributed by atoms with E-state index in [9.17, 15) is 8.42 Å². The minimum absolute atomic E-state index is 0.123. The molecular weight excluding hydrogens is 260 g/mol. The number of nitrogens with one attached hydrogen (secondary N) is 1. The molecule has 0 saturated carbocycles. The summed E-state index contributed by atoms with van der Waals surface area (Å²) in [5.74, 6) is 0.123. The minimum atomic E-state index is -3.18. The van der Waals surface area contributed by atoms with Crippen LogP contribution in [0, 0.1) is 0 Å². The molecule has 0 heterocycles. The van der Waals surface area contributed by atoms with Crippen LogP contribution in [0.5, 0.6) is 0 Å². The zero-order chi connectivity index (χ0) is 14.5. The van der Waals surface area contributed by atoms with Crippen LogP contribution >= 0.6 is 0 Å². The summed E-state index contributed by atoms with van der Waals surface area (Å²) in [7, 11) is 0.881. The van der Waals surface area contributed by atoms with Gasteiger partial charge in [-0.1, -0.05) is 19.1 Å². The van der Waals surface area contributed by atoms with Crippen LogP contribution in [0.15, 0.2) is 29.2 Å². The van der Waals surface area contributed by atoms with Crippen LogP contribution in [0.3, 0.4) is 0 Å². The van der Waals surface area contributed by atoms with Crippen LogP contribution in [0.1, 0.15) is 20.3 Å². The lowest BCUT2D eigenvalue weighted by Crippen LogP contribution is -2.23. The summed E-state index contributed by atoms with van der Waals surface area (Å²) in [5, 5.41) is 3.30. The van der Waals surface area contributed by atoms with E-state index in [0.29, 0.717) is 10.6 Å². The van der Waals surface area contributed by atoms with Crippen molar-refractivity contribution in [1.82, 2.24) is 4.90 Å². The van der Waals surface area contributed by atoms with Crippen LogP contribution in [0.25, 0.3) is 0 Å². The lowest BCUT2D eigenvalue weighted by molar-refractivity contribution is 0.390. The van der Waals surface area contributed by atoms with Gasteiger partial charge in [0, 0.05) is 6.04 Å². The fourth-order valence-corrected chi connectivity index (χ4v) is 2.86. The van der Waals surface area contributed by atoms with E-state index in [0.717, 1.165) is 13.0 Å². The molecule has 0 aromatic heterocycles. The second-order valence-electron chi connectivity index (χ2n) is 5.04. The summed E-state index contributed by atoms with van der Waals surface area (Å²) >= 11 is 0. The van der Waals surface area contributed by atoms with E-state index in [-0.39, 0.29) is 11.8 Å². The Balaban J connectivity index is 2.84. The third-order valence-electron chi connectivity index (χ3n) is 3.01. The molecule has 19 heavy (non-hydrogen) atoms. The van der Waals surface area contributed by atoms with E-state index in [1.807, 2.05) is 26.2 Å². The second kappa shape index (κ2) is 6.91. The van der Waals surface area contributed by atoms with E-state index in [1.54, 1.807) is 19.1 Å². The van der Waals surface area contributed by atoms with Crippen LogP contribution in [-0.2, 0) is 9.84 Å². The number of anilines is 1. The summed E-state index contributed by atoms with van der Waals surface area (Å²) < 4.78 is 24.0. The molecule has 1 rings (SSSR count). The Kier molecular flexibility index (Phi) is 5.82. The van der Waals surface area contributed by atoms with Gasteiger partial charge in [-0.15, -0.1) is 0 Å². The van der Waals surface area contributed by atoms with Crippen molar-refractivity contribution in [3.63, 3.8) is 0 Å². The average Bonchev–Trinajstić information content (AvgIpc) is 2.37. The number of hydrogen-bond acceptors (Lipinski definition) is 4. The lowest BCUT2D eigenvalue weighted by atomic mass is 10.2. The third-order valence-corrected chi connectivity index (χ3v) is 4.80. The monoisotopic (exact) mass is 284 g/mol. The van der Waals surface area contributed by atoms with Gasteiger partial charge in [0.15, 0.2) is 9.84 Å². The molecule has 5 heteroatoms. The third kappa shape index (κ3) is 4.84. The highest BCUT2D eigenvalue weighted by Crippen LogP contribution is 2.23. The molecule has 108 valence electrons. The predicted molar refractivity (Wildman–Crippen MR) is 80.4 cm³/mol. The van der Waals surface area contributed by atoms with Gasteiger partial charge in [-0.05, 0) is 46.1 Å². The Labute approximate surface area is 116 Å². The van der Waals surface area contributed by atoms with Gasteiger partial charge < -0.3 is 10.2 Å². The largest absolute Gasteiger partial charge is 0.381 e. The van der Waals surface area contributed by atoms with Crippen molar-refractivity contribution in [2.24, 2.45) is 0 Å². The number of sulfone groups is 1. The van der Waals surface area contributed by atoms with Gasteiger partial charge in [-0.25, -0.2) is 8.42 Å². The van der Waals surface area contributed by atoms with Crippen molar-refractivity contribution >= 4 is 15.5 Å². The van der Waals surface area contributed by atoms with Crippen LogP contribution in [0.4, 0.5) is 5.69 Å². The lowest BCUT2D eigenvalue weighted by Gasteiger charge is -2.19. The summed E-state index contributed by atoms with van der Waals surface area (Å²) in [6.07, 6.45) is 0.966. The zero-order valence-corrected chi connectivity index (χ0v) is 13.0. The normalized spacial score (nSPS) is 13.5. The highest BCUT2D eigenvalue weighted by molar-refractivity contribution is 7.91. The van der Waals surface area contributed by atoms with Crippen molar-refractivity contribution in [1.29, 1.82) is 0 Å². The van der Waals surface area contributed by atoms with Gasteiger partial charge in [0.2, 0.25) is 0 Å². The zero-order valence-electron chi connectivity index (χ0n) is 12.2. The quantitative estimate of drug-likeness (QED) is 0.834. The van der Waals surface area contributed by atoms with Gasteiger partial charge in [-0.2, -0.15) is 0 Å². The summed E-state index contributed by atoms with van der Waals surface area (Å²) in [6, 6.07) is 7.35. The molecule has 0 fully saturated rings. The van der Waals surface area contributed by atoms with E-state index in [4.69, 9.17) is 0 Å². The highest BCUT2D eigenvalue weighted by atomic mass is 32.2. The Morgan fingerprint density at radius 2 is 1.89 bits per heavy atom. The number of benzene rings is 1. The van der Waals surface area contributed by atoms with Crippen molar-refractivity contribution in [2.45, 2.75) is 31.2 Å². The molecule has 0 aliphatic rings. The van der Waals surface area contributed by atoms with E-state index in [1.165, 1.54) is 0 Å². The molecule has 0 aliphatic carbocycles. The molecular formula is C14H24N2O2S. The molecule has 0 spiro atoms. The maximum Gasteiger partial charge on any atom is 0.180 e. The number of hydrogen-bond donors (Lipinski definition) is 1. The van der Waals surface area contributed by atoms with Crippen molar-refractivity contribution in [3.05, 3.63) is 24.3 Å². The topological polar surface area (TPSA) is 49.4 Å². The molecule has 0 amide bonds. The van der Waals surface area contributed by atoms with Crippen LogP contribution in [-0.4, -0.2) is 45.8 Å². The first kappa shape index (κ1) is 16.0. The molecule has 1 N–H and O–H groups in total. The van der Waals surface area contributed by atoms with E-state index in [2.05, 4.69) is 17.1 Å². The molecule has 0 saturated heterocycles. The Morgan fingerprint density at radius 3 is 2.47 bits per heavy atom. The first-order valence-electron chi connectivity index (χ1n) is 6.60. The highest BCUT2D eigenvalue weighted by Gasteiger charge is 2.16. The molecule has 1 atom stereocenters. The summed E-state index contributed by atoms with van der Waals surface area (Å²) in [5.41, 5.74) is 0.704. The predicted octanol–water partition coefficient (Wildman–Crippen LogP) is 2.23. The van der Waals surface area contributed by atoms with Crippen molar-refractivity contribution in [3.8, 4) is 0 Å². The molecule has 0 radical (unpaired) electrons. The van der Waals surface area contributed by atoms with Gasteiger partial charge in [0.05, 0.1) is 16.3 Å². The van der Waals surface area contributed by atoms with Gasteiger partial charge >= 0.3 is 0 Å². The molecule has 1 unspecified atom stereocenters. The molecule has 4 nitrogen and oxygen atoms in total.